The molecule has 1 saturated carbocycles. The number of hydrogen-bond acceptors (Lipinski definition) is 4. The van der Waals surface area contributed by atoms with Crippen LogP contribution in [0.3, 0.4) is 0 Å². The summed E-state index contributed by atoms with van der Waals surface area (Å²) in [6.07, 6.45) is 3.88. The number of hydrogen-bond donors (Lipinski definition) is 3. The van der Waals surface area contributed by atoms with Gasteiger partial charge < -0.3 is 10.8 Å². The Balaban J connectivity index is 2.36. The van der Waals surface area contributed by atoms with Crippen LogP contribution in [0.1, 0.15) is 32.1 Å². The second-order valence-electron chi connectivity index (χ2n) is 5.41. The van der Waals surface area contributed by atoms with Crippen molar-refractivity contribution in [3.05, 3.63) is 22.4 Å². The molecule has 4 N–H and O–H groups in total. The number of halogens is 2. The Morgan fingerprint density at radius 2 is 1.95 bits per heavy atom. The lowest BCUT2D eigenvalue weighted by molar-refractivity contribution is 0.142. The van der Waals surface area contributed by atoms with E-state index in [0.29, 0.717) is 12.8 Å². The zero-order valence-corrected chi connectivity index (χ0v) is 13.8. The van der Waals surface area contributed by atoms with Crippen LogP contribution in [0.15, 0.2) is 21.5 Å². The standard InChI is InChI=1S/C13H18BrFN2O3S/c14-9-6-12(11(16)7-10(9)15)21(19,20)17-13(8-18)4-2-1-3-5-13/h6-7,17-18H,1-5,8,16H2. The highest BCUT2D eigenvalue weighted by Crippen LogP contribution is 2.32. The van der Waals surface area contributed by atoms with Gasteiger partial charge in [-0.2, -0.15) is 0 Å². The Hall–Kier alpha value is -0.700. The van der Waals surface area contributed by atoms with Crippen LogP contribution in [0.25, 0.3) is 0 Å². The van der Waals surface area contributed by atoms with Gasteiger partial charge >= 0.3 is 0 Å². The van der Waals surface area contributed by atoms with Crippen molar-refractivity contribution in [2.45, 2.75) is 42.5 Å². The molecule has 0 aliphatic heterocycles. The molecule has 0 heterocycles. The molecule has 1 aromatic rings. The maximum atomic E-state index is 13.4. The minimum Gasteiger partial charge on any atom is -0.398 e. The first-order valence-electron chi connectivity index (χ1n) is 6.69. The summed E-state index contributed by atoms with van der Waals surface area (Å²) in [5, 5.41) is 9.59. The Kier molecular flexibility index (Phi) is 4.92. The summed E-state index contributed by atoms with van der Waals surface area (Å²) in [7, 11) is -3.93. The second-order valence-corrected chi connectivity index (χ2v) is 7.91. The van der Waals surface area contributed by atoms with Gasteiger partial charge in [-0.25, -0.2) is 17.5 Å². The van der Waals surface area contributed by atoms with E-state index in [1.807, 2.05) is 0 Å². The largest absolute Gasteiger partial charge is 0.398 e. The van der Waals surface area contributed by atoms with E-state index in [-0.39, 0.29) is 21.7 Å². The topological polar surface area (TPSA) is 92.4 Å². The highest BCUT2D eigenvalue weighted by molar-refractivity contribution is 9.10. The summed E-state index contributed by atoms with van der Waals surface area (Å²) in [4.78, 5) is -0.186. The number of anilines is 1. The molecule has 1 fully saturated rings. The Morgan fingerprint density at radius 3 is 2.52 bits per heavy atom. The molecule has 1 aromatic carbocycles. The van der Waals surface area contributed by atoms with Crippen molar-refractivity contribution in [2.75, 3.05) is 12.3 Å². The lowest BCUT2D eigenvalue weighted by atomic mass is 9.83. The van der Waals surface area contributed by atoms with Crippen molar-refractivity contribution in [1.29, 1.82) is 0 Å². The maximum Gasteiger partial charge on any atom is 0.243 e. The minimum absolute atomic E-state index is 0.0266. The maximum absolute atomic E-state index is 13.4. The van der Waals surface area contributed by atoms with E-state index in [2.05, 4.69) is 20.7 Å². The molecule has 1 aliphatic carbocycles. The van der Waals surface area contributed by atoms with E-state index in [4.69, 9.17) is 5.73 Å². The molecular weight excluding hydrogens is 363 g/mol. The normalized spacial score (nSPS) is 18.6. The third-order valence-electron chi connectivity index (χ3n) is 3.81. The number of nitrogens with two attached hydrogens (primary N) is 1. The van der Waals surface area contributed by atoms with E-state index in [0.717, 1.165) is 31.4 Å². The number of sulfonamides is 1. The van der Waals surface area contributed by atoms with Gasteiger partial charge in [0.25, 0.3) is 0 Å². The van der Waals surface area contributed by atoms with Crippen LogP contribution in [0, 0.1) is 5.82 Å². The van der Waals surface area contributed by atoms with E-state index in [9.17, 15) is 17.9 Å². The van der Waals surface area contributed by atoms with Crippen molar-refractivity contribution in [3.63, 3.8) is 0 Å². The first-order chi connectivity index (χ1) is 9.80. The van der Waals surface area contributed by atoms with Gasteiger partial charge in [0, 0.05) is 0 Å². The van der Waals surface area contributed by atoms with Gasteiger partial charge in [0.1, 0.15) is 10.7 Å². The molecule has 0 spiro atoms. The lowest BCUT2D eigenvalue weighted by Crippen LogP contribution is -2.52. The number of nitrogens with one attached hydrogen (secondary N) is 1. The number of aliphatic hydroxyl groups is 1. The number of nitrogen functional groups attached to an aromatic ring is 1. The highest BCUT2D eigenvalue weighted by Gasteiger charge is 2.36. The molecule has 8 heteroatoms. The molecular formula is C13H18BrFN2O3S. The zero-order chi connectivity index (χ0) is 15.7. The van der Waals surface area contributed by atoms with E-state index in [1.165, 1.54) is 0 Å². The van der Waals surface area contributed by atoms with Gasteiger partial charge in [0.15, 0.2) is 0 Å². The summed E-state index contributed by atoms with van der Waals surface area (Å²) in [5.41, 5.74) is 4.61. The Morgan fingerprint density at radius 1 is 1.33 bits per heavy atom. The van der Waals surface area contributed by atoms with Crippen LogP contribution >= 0.6 is 15.9 Å². The summed E-state index contributed by atoms with van der Waals surface area (Å²) in [5.74, 6) is -0.624. The molecule has 0 amide bonds. The first-order valence-corrected chi connectivity index (χ1v) is 8.97. The van der Waals surface area contributed by atoms with Gasteiger partial charge in [0.2, 0.25) is 10.0 Å². The van der Waals surface area contributed by atoms with Crippen LogP contribution in [0.5, 0.6) is 0 Å². The van der Waals surface area contributed by atoms with Gasteiger partial charge in [-0.1, -0.05) is 19.3 Å². The van der Waals surface area contributed by atoms with Crippen molar-refractivity contribution < 1.29 is 17.9 Å². The van der Waals surface area contributed by atoms with Crippen molar-refractivity contribution in [3.8, 4) is 0 Å². The van der Waals surface area contributed by atoms with Gasteiger partial charge in [-0.05, 0) is 40.9 Å². The molecule has 0 atom stereocenters. The Labute approximate surface area is 131 Å². The zero-order valence-electron chi connectivity index (χ0n) is 11.4. The molecule has 5 nitrogen and oxygen atoms in total. The van der Waals surface area contributed by atoms with Crippen LogP contribution in [0.2, 0.25) is 0 Å². The molecule has 1 aliphatic rings. The summed E-state index contributed by atoms with van der Waals surface area (Å²) in [6.45, 7) is -0.269. The van der Waals surface area contributed by atoms with Crippen LogP contribution < -0.4 is 10.5 Å². The fourth-order valence-electron chi connectivity index (χ4n) is 2.64. The summed E-state index contributed by atoms with van der Waals surface area (Å²) in [6, 6.07) is 2.10. The van der Waals surface area contributed by atoms with Gasteiger partial charge in [0.05, 0.1) is 22.3 Å². The monoisotopic (exact) mass is 380 g/mol. The average Bonchev–Trinajstić information content (AvgIpc) is 2.43. The number of rotatable bonds is 4. The summed E-state index contributed by atoms with van der Waals surface area (Å²) >= 11 is 2.96. The third kappa shape index (κ3) is 3.56. The average molecular weight is 381 g/mol. The van der Waals surface area contributed by atoms with Crippen LogP contribution in [-0.2, 0) is 10.0 Å². The molecule has 118 valence electrons. The molecule has 0 aromatic heterocycles. The third-order valence-corrected chi connectivity index (χ3v) is 6.05. The fourth-order valence-corrected chi connectivity index (χ4v) is 4.72. The van der Waals surface area contributed by atoms with Crippen LogP contribution in [-0.4, -0.2) is 25.7 Å². The smallest absolute Gasteiger partial charge is 0.243 e. The van der Waals surface area contributed by atoms with E-state index >= 15 is 0 Å². The molecule has 21 heavy (non-hydrogen) atoms. The first kappa shape index (κ1) is 16.7. The Bertz CT molecular complexity index is 631. The molecule has 0 saturated heterocycles. The summed E-state index contributed by atoms with van der Waals surface area (Å²) < 4.78 is 41.0. The molecule has 0 radical (unpaired) electrons. The minimum atomic E-state index is -3.93. The highest BCUT2D eigenvalue weighted by atomic mass is 79.9. The molecule has 2 rings (SSSR count). The van der Waals surface area contributed by atoms with Crippen molar-refractivity contribution in [1.82, 2.24) is 4.72 Å². The predicted molar refractivity (Wildman–Crippen MR) is 81.7 cm³/mol. The number of aliphatic hydroxyl groups excluding tert-OH is 1. The van der Waals surface area contributed by atoms with Crippen molar-refractivity contribution >= 4 is 31.6 Å². The molecule has 0 unspecified atom stereocenters. The second kappa shape index (κ2) is 6.20. The molecule has 0 bridgehead atoms. The predicted octanol–water partition coefficient (Wildman–Crippen LogP) is 2.14. The number of benzene rings is 1. The fraction of sp³-hybridized carbons (Fsp3) is 0.538. The van der Waals surface area contributed by atoms with Gasteiger partial charge in [-0.3, -0.25) is 0 Å². The van der Waals surface area contributed by atoms with Crippen LogP contribution in [0.4, 0.5) is 10.1 Å². The lowest BCUT2D eigenvalue weighted by Gasteiger charge is -2.36. The SMILES string of the molecule is Nc1cc(F)c(Br)cc1S(=O)(=O)NC1(CO)CCCCC1. The van der Waals surface area contributed by atoms with Gasteiger partial charge in [-0.15, -0.1) is 0 Å². The van der Waals surface area contributed by atoms with Crippen molar-refractivity contribution in [2.24, 2.45) is 0 Å². The van der Waals surface area contributed by atoms with E-state index in [1.54, 1.807) is 0 Å². The quantitative estimate of drug-likeness (QED) is 0.697. The van der Waals surface area contributed by atoms with E-state index < -0.39 is 21.4 Å².